The van der Waals surface area contributed by atoms with Crippen molar-refractivity contribution in [2.75, 3.05) is 0 Å². The van der Waals surface area contributed by atoms with Crippen molar-refractivity contribution in [1.29, 1.82) is 0 Å². The van der Waals surface area contributed by atoms with Crippen molar-refractivity contribution in [1.82, 2.24) is 0 Å². The molecule has 0 aromatic rings. The second-order valence-corrected chi connectivity index (χ2v) is 4.62. The number of rotatable bonds is 5. The predicted molar refractivity (Wildman–Crippen MR) is 50.4 cm³/mol. The third-order valence-electron chi connectivity index (χ3n) is 3.67. The van der Waals surface area contributed by atoms with Crippen LogP contribution in [0.1, 0.15) is 44.9 Å². The van der Waals surface area contributed by atoms with Gasteiger partial charge >= 0.3 is 5.97 Å². The summed E-state index contributed by atoms with van der Waals surface area (Å²) >= 11 is 0. The van der Waals surface area contributed by atoms with Crippen LogP contribution in [-0.4, -0.2) is 11.1 Å². The Kier molecular flexibility index (Phi) is 2.56. The minimum Gasteiger partial charge on any atom is -0.481 e. The number of hydrogen-bond acceptors (Lipinski definition) is 1. The van der Waals surface area contributed by atoms with E-state index in [2.05, 4.69) is 0 Å². The Morgan fingerprint density at radius 3 is 2.23 bits per heavy atom. The Balaban J connectivity index is 1.78. The van der Waals surface area contributed by atoms with Crippen molar-refractivity contribution in [3.05, 3.63) is 0 Å². The number of hydrogen-bond donors (Lipinski definition) is 1. The molecular formula is C11H18O2. The van der Waals surface area contributed by atoms with Crippen LogP contribution in [-0.2, 0) is 4.79 Å². The molecular weight excluding hydrogens is 164 g/mol. The van der Waals surface area contributed by atoms with Gasteiger partial charge in [0.15, 0.2) is 0 Å². The fraction of sp³-hybridized carbons (Fsp3) is 0.909. The van der Waals surface area contributed by atoms with Gasteiger partial charge in [-0.1, -0.05) is 19.3 Å². The van der Waals surface area contributed by atoms with Gasteiger partial charge in [0.05, 0.1) is 0 Å². The molecule has 13 heavy (non-hydrogen) atoms. The standard InChI is InChI=1S/C11H18O2/c12-11(13)7-6-10(9-4-5-9)8-2-1-3-8/h8-10H,1-7H2,(H,12,13). The molecule has 0 bridgehead atoms. The van der Waals surface area contributed by atoms with Gasteiger partial charge in [0, 0.05) is 6.42 Å². The molecule has 2 rings (SSSR count). The van der Waals surface area contributed by atoms with E-state index in [0.29, 0.717) is 6.42 Å². The number of carboxylic acids is 1. The van der Waals surface area contributed by atoms with Crippen LogP contribution in [0.25, 0.3) is 0 Å². The van der Waals surface area contributed by atoms with E-state index in [4.69, 9.17) is 5.11 Å². The van der Waals surface area contributed by atoms with E-state index in [1.54, 1.807) is 0 Å². The lowest BCUT2D eigenvalue weighted by atomic mass is 9.72. The average molecular weight is 182 g/mol. The summed E-state index contributed by atoms with van der Waals surface area (Å²) in [5, 5.41) is 8.64. The van der Waals surface area contributed by atoms with Crippen molar-refractivity contribution in [3.63, 3.8) is 0 Å². The summed E-state index contributed by atoms with van der Waals surface area (Å²) in [4.78, 5) is 10.5. The minimum atomic E-state index is -0.620. The number of carboxylic acid groups (broad SMARTS) is 1. The SMILES string of the molecule is O=C(O)CCC(C1CCC1)C1CC1. The molecule has 1 unspecified atom stereocenters. The normalized spacial score (nSPS) is 25.2. The van der Waals surface area contributed by atoms with Gasteiger partial charge in [-0.15, -0.1) is 0 Å². The van der Waals surface area contributed by atoms with Gasteiger partial charge in [-0.2, -0.15) is 0 Å². The molecule has 74 valence electrons. The second kappa shape index (κ2) is 3.69. The highest BCUT2D eigenvalue weighted by atomic mass is 16.4. The van der Waals surface area contributed by atoms with Gasteiger partial charge in [-0.05, 0) is 37.0 Å². The molecule has 0 aromatic carbocycles. The summed E-state index contributed by atoms with van der Waals surface area (Å²) in [6.07, 6.45) is 8.15. The van der Waals surface area contributed by atoms with Crippen LogP contribution in [0, 0.1) is 17.8 Å². The fourth-order valence-corrected chi connectivity index (χ4v) is 2.54. The molecule has 2 fully saturated rings. The van der Waals surface area contributed by atoms with Gasteiger partial charge in [-0.25, -0.2) is 0 Å². The zero-order chi connectivity index (χ0) is 9.26. The van der Waals surface area contributed by atoms with Crippen molar-refractivity contribution in [3.8, 4) is 0 Å². The quantitative estimate of drug-likeness (QED) is 0.709. The van der Waals surface area contributed by atoms with E-state index in [9.17, 15) is 4.79 Å². The van der Waals surface area contributed by atoms with Crippen LogP contribution in [0.5, 0.6) is 0 Å². The maximum absolute atomic E-state index is 10.5. The summed E-state index contributed by atoms with van der Waals surface area (Å²) < 4.78 is 0. The molecule has 2 aliphatic rings. The Hall–Kier alpha value is -0.530. The first-order chi connectivity index (χ1) is 6.27. The Morgan fingerprint density at radius 1 is 1.23 bits per heavy atom. The molecule has 1 N–H and O–H groups in total. The minimum absolute atomic E-state index is 0.387. The van der Waals surface area contributed by atoms with Crippen LogP contribution >= 0.6 is 0 Å². The fourth-order valence-electron chi connectivity index (χ4n) is 2.54. The summed E-state index contributed by atoms with van der Waals surface area (Å²) in [6, 6.07) is 0. The van der Waals surface area contributed by atoms with E-state index in [0.717, 1.165) is 24.2 Å². The lowest BCUT2D eigenvalue weighted by Crippen LogP contribution is -2.24. The molecule has 1 atom stereocenters. The molecule has 2 nitrogen and oxygen atoms in total. The van der Waals surface area contributed by atoms with Gasteiger partial charge < -0.3 is 5.11 Å². The summed E-state index contributed by atoms with van der Waals surface area (Å²) in [7, 11) is 0. The van der Waals surface area contributed by atoms with Crippen molar-refractivity contribution in [2.24, 2.45) is 17.8 Å². The lowest BCUT2D eigenvalue weighted by Gasteiger charge is -2.33. The topological polar surface area (TPSA) is 37.3 Å². The molecule has 2 saturated carbocycles. The zero-order valence-corrected chi connectivity index (χ0v) is 8.04. The highest BCUT2D eigenvalue weighted by Gasteiger charge is 2.38. The first kappa shape index (κ1) is 9.04. The molecule has 0 amide bonds. The van der Waals surface area contributed by atoms with Crippen molar-refractivity contribution >= 4 is 5.97 Å². The zero-order valence-electron chi connectivity index (χ0n) is 8.04. The first-order valence-corrected chi connectivity index (χ1v) is 5.49. The van der Waals surface area contributed by atoms with E-state index in [-0.39, 0.29) is 0 Å². The molecule has 0 aliphatic heterocycles. The van der Waals surface area contributed by atoms with Gasteiger partial charge in [0.25, 0.3) is 0 Å². The summed E-state index contributed by atoms with van der Waals surface area (Å²) in [5.41, 5.74) is 0. The molecule has 0 heterocycles. The van der Waals surface area contributed by atoms with E-state index in [1.807, 2.05) is 0 Å². The van der Waals surface area contributed by atoms with Crippen molar-refractivity contribution in [2.45, 2.75) is 44.9 Å². The highest BCUT2D eigenvalue weighted by Crippen LogP contribution is 2.48. The van der Waals surface area contributed by atoms with Crippen LogP contribution in [0.2, 0.25) is 0 Å². The van der Waals surface area contributed by atoms with E-state index < -0.39 is 5.97 Å². The van der Waals surface area contributed by atoms with Gasteiger partial charge in [0.2, 0.25) is 0 Å². The monoisotopic (exact) mass is 182 g/mol. The summed E-state index contributed by atoms with van der Waals surface area (Å²) in [5.74, 6) is 1.91. The van der Waals surface area contributed by atoms with Gasteiger partial charge in [0.1, 0.15) is 0 Å². The van der Waals surface area contributed by atoms with Crippen LogP contribution in [0.3, 0.4) is 0 Å². The molecule has 2 aliphatic carbocycles. The summed E-state index contributed by atoms with van der Waals surface area (Å²) in [6.45, 7) is 0. The van der Waals surface area contributed by atoms with E-state index in [1.165, 1.54) is 32.1 Å². The molecule has 0 aromatic heterocycles. The van der Waals surface area contributed by atoms with E-state index >= 15 is 0 Å². The maximum atomic E-state index is 10.5. The smallest absolute Gasteiger partial charge is 0.303 e. The third kappa shape index (κ3) is 2.23. The average Bonchev–Trinajstić information content (AvgIpc) is 2.75. The molecule has 0 radical (unpaired) electrons. The van der Waals surface area contributed by atoms with Crippen LogP contribution < -0.4 is 0 Å². The Labute approximate surface area is 79.3 Å². The second-order valence-electron chi connectivity index (χ2n) is 4.62. The molecule has 2 heteroatoms. The molecule has 0 saturated heterocycles. The van der Waals surface area contributed by atoms with Crippen molar-refractivity contribution < 1.29 is 9.90 Å². The first-order valence-electron chi connectivity index (χ1n) is 5.49. The lowest BCUT2D eigenvalue weighted by molar-refractivity contribution is -0.137. The van der Waals surface area contributed by atoms with Crippen LogP contribution in [0.4, 0.5) is 0 Å². The highest BCUT2D eigenvalue weighted by molar-refractivity contribution is 5.66. The predicted octanol–water partition coefficient (Wildman–Crippen LogP) is 2.68. The Morgan fingerprint density at radius 2 is 1.85 bits per heavy atom. The largest absolute Gasteiger partial charge is 0.481 e. The van der Waals surface area contributed by atoms with Gasteiger partial charge in [-0.3, -0.25) is 4.79 Å². The molecule has 0 spiro atoms. The third-order valence-corrected chi connectivity index (χ3v) is 3.67. The number of aliphatic carboxylic acids is 1. The van der Waals surface area contributed by atoms with Crippen LogP contribution in [0.15, 0.2) is 0 Å². The maximum Gasteiger partial charge on any atom is 0.303 e. The Bertz CT molecular complexity index is 192. The number of carbonyl (C=O) groups is 1.